The standard InChI is InChI=1S/C19H25N3O6/c1-18(2,3)27-16(25)21-14(23)20(12-13-10-8-7-9-11-13)15(24)22(21)17(26)28-19(4,5)6/h7-11H,12H2,1-6H3. The fraction of sp³-hybridized carbons (Fsp3) is 0.474. The Morgan fingerprint density at radius 3 is 1.54 bits per heavy atom. The van der Waals surface area contributed by atoms with Crippen LogP contribution in [0.4, 0.5) is 9.59 Å². The summed E-state index contributed by atoms with van der Waals surface area (Å²) in [5.74, 6) is 0. The highest BCUT2D eigenvalue weighted by atomic mass is 16.6. The van der Waals surface area contributed by atoms with Crippen molar-refractivity contribution in [1.29, 1.82) is 0 Å². The molecule has 1 heterocycles. The average molecular weight is 391 g/mol. The third-order valence-electron chi connectivity index (χ3n) is 3.34. The summed E-state index contributed by atoms with van der Waals surface area (Å²) in [4.78, 5) is 50.7. The summed E-state index contributed by atoms with van der Waals surface area (Å²) in [5.41, 5.74) is -3.21. The van der Waals surface area contributed by atoms with Crippen LogP contribution in [0.1, 0.15) is 47.1 Å². The third kappa shape index (κ3) is 4.99. The van der Waals surface area contributed by atoms with E-state index in [9.17, 15) is 19.2 Å². The molecular weight excluding hydrogens is 366 g/mol. The van der Waals surface area contributed by atoms with Gasteiger partial charge in [0.05, 0.1) is 6.54 Å². The Morgan fingerprint density at radius 1 is 0.786 bits per heavy atom. The first-order valence-corrected chi connectivity index (χ1v) is 8.76. The molecule has 0 amide bonds. The van der Waals surface area contributed by atoms with Crippen LogP contribution in [-0.4, -0.2) is 37.3 Å². The topological polar surface area (TPSA) is 102 Å². The number of rotatable bonds is 2. The molecule has 0 saturated carbocycles. The van der Waals surface area contributed by atoms with Crippen LogP contribution >= 0.6 is 0 Å². The maximum Gasteiger partial charge on any atom is 0.438 e. The van der Waals surface area contributed by atoms with Gasteiger partial charge in [0.15, 0.2) is 0 Å². The molecule has 0 unspecified atom stereocenters. The van der Waals surface area contributed by atoms with E-state index in [1.807, 2.05) is 0 Å². The third-order valence-corrected chi connectivity index (χ3v) is 3.34. The minimum absolute atomic E-state index is 0.114. The van der Waals surface area contributed by atoms with Crippen LogP contribution in [0.25, 0.3) is 0 Å². The van der Waals surface area contributed by atoms with E-state index >= 15 is 0 Å². The van der Waals surface area contributed by atoms with Crippen molar-refractivity contribution in [3.05, 3.63) is 56.9 Å². The van der Waals surface area contributed by atoms with Gasteiger partial charge in [-0.1, -0.05) is 30.3 Å². The Balaban J connectivity index is 2.62. The highest BCUT2D eigenvalue weighted by Gasteiger charge is 2.31. The first-order valence-electron chi connectivity index (χ1n) is 8.76. The van der Waals surface area contributed by atoms with Crippen LogP contribution in [0.2, 0.25) is 0 Å². The molecule has 0 bridgehead atoms. The number of ether oxygens (including phenoxy) is 2. The highest BCUT2D eigenvalue weighted by Crippen LogP contribution is 2.10. The molecule has 0 saturated heterocycles. The fourth-order valence-electron chi connectivity index (χ4n) is 2.31. The molecule has 0 aliphatic rings. The molecule has 2 rings (SSSR count). The summed E-state index contributed by atoms with van der Waals surface area (Å²) in [7, 11) is 0. The molecule has 28 heavy (non-hydrogen) atoms. The molecule has 0 spiro atoms. The fourth-order valence-corrected chi connectivity index (χ4v) is 2.31. The Labute approximate surface area is 162 Å². The normalized spacial score (nSPS) is 11.9. The first kappa shape index (κ1) is 21.2. The molecule has 0 aliphatic carbocycles. The maximum atomic E-state index is 12.8. The molecular formula is C19H25N3O6. The molecule has 152 valence electrons. The molecule has 9 nitrogen and oxygen atoms in total. The van der Waals surface area contributed by atoms with Crippen molar-refractivity contribution in [2.24, 2.45) is 0 Å². The lowest BCUT2D eigenvalue weighted by molar-refractivity contribution is 0.0357. The van der Waals surface area contributed by atoms with Crippen LogP contribution in [0, 0.1) is 0 Å². The van der Waals surface area contributed by atoms with Crippen molar-refractivity contribution in [1.82, 2.24) is 13.9 Å². The van der Waals surface area contributed by atoms with Gasteiger partial charge in [-0.3, -0.25) is 0 Å². The Hall–Kier alpha value is -3.10. The summed E-state index contributed by atoms with van der Waals surface area (Å²) in [5, 5.41) is 0. The van der Waals surface area contributed by atoms with E-state index < -0.39 is 34.8 Å². The van der Waals surface area contributed by atoms with Gasteiger partial charge in [0, 0.05) is 0 Å². The van der Waals surface area contributed by atoms with Gasteiger partial charge in [-0.25, -0.2) is 23.7 Å². The van der Waals surface area contributed by atoms with Crippen molar-refractivity contribution in [2.75, 3.05) is 0 Å². The van der Waals surface area contributed by atoms with Gasteiger partial charge in [-0.15, -0.1) is 9.36 Å². The maximum absolute atomic E-state index is 12.8. The predicted molar refractivity (Wildman–Crippen MR) is 102 cm³/mol. The smallest absolute Gasteiger partial charge is 0.438 e. The summed E-state index contributed by atoms with van der Waals surface area (Å²) in [6.45, 7) is 9.51. The van der Waals surface area contributed by atoms with Gasteiger partial charge < -0.3 is 9.47 Å². The second-order valence-electron chi connectivity index (χ2n) is 8.22. The zero-order valence-corrected chi connectivity index (χ0v) is 16.9. The largest absolute Gasteiger partial charge is 0.442 e. The summed E-state index contributed by atoms with van der Waals surface area (Å²) in [6, 6.07) is 8.72. The number of carbonyl (C=O) groups excluding carboxylic acids is 2. The quantitative estimate of drug-likeness (QED) is 0.779. The van der Waals surface area contributed by atoms with Gasteiger partial charge in [-0.05, 0) is 47.1 Å². The van der Waals surface area contributed by atoms with E-state index in [1.165, 1.54) is 0 Å². The van der Waals surface area contributed by atoms with Crippen molar-refractivity contribution >= 4 is 12.2 Å². The van der Waals surface area contributed by atoms with Gasteiger partial charge in [-0.2, -0.15) is 0 Å². The van der Waals surface area contributed by atoms with Crippen molar-refractivity contribution < 1.29 is 19.1 Å². The number of nitrogens with zero attached hydrogens (tertiary/aromatic N) is 3. The van der Waals surface area contributed by atoms with E-state index in [4.69, 9.17) is 9.47 Å². The lowest BCUT2D eigenvalue weighted by atomic mass is 10.2. The SMILES string of the molecule is CC(C)(C)OC(=O)n1c(=O)n(Cc2ccccc2)c(=O)n1C(=O)OC(C)(C)C. The molecule has 9 heteroatoms. The van der Waals surface area contributed by atoms with E-state index in [-0.39, 0.29) is 6.54 Å². The van der Waals surface area contributed by atoms with Crippen LogP contribution < -0.4 is 11.4 Å². The molecule has 0 radical (unpaired) electrons. The second-order valence-corrected chi connectivity index (χ2v) is 8.22. The number of aromatic nitrogens is 3. The van der Waals surface area contributed by atoms with Crippen molar-refractivity contribution in [3.8, 4) is 0 Å². The molecule has 1 aromatic heterocycles. The summed E-state index contributed by atoms with van der Waals surface area (Å²) < 4.78 is 11.9. The summed E-state index contributed by atoms with van der Waals surface area (Å²) >= 11 is 0. The number of benzene rings is 1. The number of hydrogen-bond donors (Lipinski definition) is 0. The Bertz CT molecular complexity index is 924. The molecule has 1 aromatic carbocycles. The van der Waals surface area contributed by atoms with E-state index in [2.05, 4.69) is 0 Å². The van der Waals surface area contributed by atoms with Crippen LogP contribution in [-0.2, 0) is 16.0 Å². The van der Waals surface area contributed by atoms with Gasteiger partial charge >= 0.3 is 23.6 Å². The molecule has 0 aliphatic heterocycles. The van der Waals surface area contributed by atoms with Crippen molar-refractivity contribution in [2.45, 2.75) is 59.3 Å². The average Bonchev–Trinajstić information content (AvgIpc) is 2.77. The minimum Gasteiger partial charge on any atom is -0.442 e. The number of carbonyl (C=O) groups is 2. The molecule has 0 atom stereocenters. The summed E-state index contributed by atoms with van der Waals surface area (Å²) in [6.07, 6.45) is -2.29. The molecule has 0 fully saturated rings. The zero-order valence-electron chi connectivity index (χ0n) is 16.9. The molecule has 0 N–H and O–H groups in total. The predicted octanol–water partition coefficient (Wildman–Crippen LogP) is 2.43. The minimum atomic E-state index is -1.15. The van der Waals surface area contributed by atoms with Gasteiger partial charge in [0.25, 0.3) is 0 Å². The van der Waals surface area contributed by atoms with E-state index in [0.29, 0.717) is 14.9 Å². The van der Waals surface area contributed by atoms with E-state index in [0.717, 1.165) is 4.57 Å². The van der Waals surface area contributed by atoms with Crippen LogP contribution in [0.15, 0.2) is 39.9 Å². The first-order chi connectivity index (χ1) is 12.8. The van der Waals surface area contributed by atoms with Gasteiger partial charge in [0.1, 0.15) is 11.2 Å². The lowest BCUT2D eigenvalue weighted by Gasteiger charge is -2.21. The van der Waals surface area contributed by atoms with Crippen LogP contribution in [0.3, 0.4) is 0 Å². The second kappa shape index (κ2) is 7.49. The Kier molecular flexibility index (Phi) is 5.67. The van der Waals surface area contributed by atoms with Crippen molar-refractivity contribution in [3.63, 3.8) is 0 Å². The number of hydrogen-bond acceptors (Lipinski definition) is 6. The Morgan fingerprint density at radius 2 is 1.18 bits per heavy atom. The monoisotopic (exact) mass is 391 g/mol. The van der Waals surface area contributed by atoms with E-state index in [1.54, 1.807) is 71.9 Å². The molecule has 2 aromatic rings. The highest BCUT2D eigenvalue weighted by molar-refractivity contribution is 5.76. The van der Waals surface area contributed by atoms with Gasteiger partial charge in [0.2, 0.25) is 0 Å². The lowest BCUT2D eigenvalue weighted by Crippen LogP contribution is -2.42. The zero-order chi connectivity index (χ0) is 21.3. The van der Waals surface area contributed by atoms with Crippen LogP contribution in [0.5, 0.6) is 0 Å².